The molecular formula is C14H19BrClFN2O2. The molecule has 4 nitrogen and oxygen atoms in total. The molecule has 0 aliphatic carbocycles. The Morgan fingerprint density at radius 2 is 2.10 bits per heavy atom. The number of carbonyl (C=O) groups is 1. The fourth-order valence-electron chi connectivity index (χ4n) is 2.31. The predicted molar refractivity (Wildman–Crippen MR) is 84.7 cm³/mol. The largest absolute Gasteiger partial charge is 0.381 e. The molecule has 0 spiro atoms. The van der Waals surface area contributed by atoms with Gasteiger partial charge in [0.2, 0.25) is 5.91 Å². The van der Waals surface area contributed by atoms with Crippen molar-refractivity contribution in [3.8, 4) is 0 Å². The summed E-state index contributed by atoms with van der Waals surface area (Å²) in [5.41, 5.74) is 6.08. The SMILES string of the molecule is Cl.NCC1(C(=O)NCc2ccc(F)cc2Br)CCOCC1. The fourth-order valence-corrected chi connectivity index (χ4v) is 2.81. The number of hydrogen-bond donors (Lipinski definition) is 2. The molecule has 1 aromatic rings. The molecule has 3 N–H and O–H groups in total. The highest BCUT2D eigenvalue weighted by Crippen LogP contribution is 2.29. The van der Waals surface area contributed by atoms with E-state index >= 15 is 0 Å². The Labute approximate surface area is 138 Å². The molecule has 7 heteroatoms. The molecule has 1 aliphatic rings. The van der Waals surface area contributed by atoms with Crippen LogP contribution in [0.3, 0.4) is 0 Å². The van der Waals surface area contributed by atoms with E-state index in [9.17, 15) is 9.18 Å². The minimum Gasteiger partial charge on any atom is -0.381 e. The third-order valence-corrected chi connectivity index (χ3v) is 4.52. The van der Waals surface area contributed by atoms with E-state index in [4.69, 9.17) is 10.5 Å². The number of amides is 1. The molecule has 2 rings (SSSR count). The van der Waals surface area contributed by atoms with Gasteiger partial charge in [-0.3, -0.25) is 4.79 Å². The first-order chi connectivity index (χ1) is 9.57. The van der Waals surface area contributed by atoms with Crippen LogP contribution < -0.4 is 11.1 Å². The third kappa shape index (κ3) is 4.39. The number of rotatable bonds is 4. The first kappa shape index (κ1) is 18.4. The topological polar surface area (TPSA) is 64.4 Å². The van der Waals surface area contributed by atoms with Gasteiger partial charge in [-0.05, 0) is 30.5 Å². The third-order valence-electron chi connectivity index (χ3n) is 3.78. The summed E-state index contributed by atoms with van der Waals surface area (Å²) in [6.45, 7) is 1.78. The van der Waals surface area contributed by atoms with Crippen LogP contribution in [0.1, 0.15) is 18.4 Å². The second-order valence-electron chi connectivity index (χ2n) is 5.02. The van der Waals surface area contributed by atoms with Crippen LogP contribution in [0.25, 0.3) is 0 Å². The van der Waals surface area contributed by atoms with Gasteiger partial charge >= 0.3 is 0 Å². The van der Waals surface area contributed by atoms with Crippen molar-refractivity contribution in [1.82, 2.24) is 5.32 Å². The molecule has 1 saturated heterocycles. The molecule has 1 fully saturated rings. The van der Waals surface area contributed by atoms with Crippen molar-refractivity contribution in [2.75, 3.05) is 19.8 Å². The number of nitrogens with two attached hydrogens (primary N) is 1. The summed E-state index contributed by atoms with van der Waals surface area (Å²) < 4.78 is 18.9. The van der Waals surface area contributed by atoms with Crippen LogP contribution in [0.2, 0.25) is 0 Å². The number of hydrogen-bond acceptors (Lipinski definition) is 3. The standard InChI is InChI=1S/C14H18BrFN2O2.ClH/c15-12-7-11(16)2-1-10(12)8-18-13(19)14(9-17)3-5-20-6-4-14;/h1-2,7H,3-6,8-9,17H2,(H,18,19);1H. The van der Waals surface area contributed by atoms with Gasteiger partial charge < -0.3 is 15.8 Å². The summed E-state index contributed by atoms with van der Waals surface area (Å²) in [7, 11) is 0. The summed E-state index contributed by atoms with van der Waals surface area (Å²) in [4.78, 5) is 12.4. The highest BCUT2D eigenvalue weighted by atomic mass is 79.9. The Morgan fingerprint density at radius 1 is 1.43 bits per heavy atom. The molecular weight excluding hydrogens is 363 g/mol. The Kier molecular flexibility index (Phi) is 7.06. The number of nitrogens with one attached hydrogen (secondary N) is 1. The lowest BCUT2D eigenvalue weighted by Gasteiger charge is -2.34. The number of carbonyl (C=O) groups excluding carboxylic acids is 1. The number of ether oxygens (including phenoxy) is 1. The second kappa shape index (κ2) is 8.08. The summed E-state index contributed by atoms with van der Waals surface area (Å²) in [6, 6.07) is 4.41. The van der Waals surface area contributed by atoms with Crippen molar-refractivity contribution >= 4 is 34.2 Å². The minimum absolute atomic E-state index is 0. The van der Waals surface area contributed by atoms with Gasteiger partial charge in [-0.25, -0.2) is 4.39 Å². The van der Waals surface area contributed by atoms with E-state index in [0.717, 1.165) is 5.56 Å². The average Bonchev–Trinajstić information content (AvgIpc) is 2.46. The minimum atomic E-state index is -0.537. The van der Waals surface area contributed by atoms with Gasteiger partial charge in [0.15, 0.2) is 0 Å². The van der Waals surface area contributed by atoms with E-state index in [1.165, 1.54) is 12.1 Å². The zero-order chi connectivity index (χ0) is 14.6. The molecule has 21 heavy (non-hydrogen) atoms. The molecule has 0 aromatic heterocycles. The van der Waals surface area contributed by atoms with Gasteiger partial charge in [-0.15, -0.1) is 12.4 Å². The summed E-state index contributed by atoms with van der Waals surface area (Å²) in [6.07, 6.45) is 1.28. The van der Waals surface area contributed by atoms with Crippen LogP contribution in [0, 0.1) is 11.2 Å². The van der Waals surface area contributed by atoms with Crippen LogP contribution >= 0.6 is 28.3 Å². The molecule has 0 bridgehead atoms. The monoisotopic (exact) mass is 380 g/mol. The summed E-state index contributed by atoms with van der Waals surface area (Å²) in [5.74, 6) is -0.366. The Hall–Kier alpha value is -0.690. The van der Waals surface area contributed by atoms with Gasteiger partial charge in [0.1, 0.15) is 5.82 Å². The smallest absolute Gasteiger partial charge is 0.227 e. The highest BCUT2D eigenvalue weighted by molar-refractivity contribution is 9.10. The molecule has 118 valence electrons. The van der Waals surface area contributed by atoms with E-state index in [-0.39, 0.29) is 24.1 Å². The van der Waals surface area contributed by atoms with Crippen LogP contribution in [-0.4, -0.2) is 25.7 Å². The van der Waals surface area contributed by atoms with E-state index in [2.05, 4.69) is 21.2 Å². The lowest BCUT2D eigenvalue weighted by Crippen LogP contribution is -2.49. The molecule has 1 heterocycles. The van der Waals surface area contributed by atoms with Crippen LogP contribution in [0.5, 0.6) is 0 Å². The van der Waals surface area contributed by atoms with E-state index in [1.54, 1.807) is 6.07 Å². The first-order valence-corrected chi connectivity index (χ1v) is 7.37. The van der Waals surface area contributed by atoms with Crippen LogP contribution in [-0.2, 0) is 16.1 Å². The van der Waals surface area contributed by atoms with Crippen molar-refractivity contribution in [2.45, 2.75) is 19.4 Å². The maximum Gasteiger partial charge on any atom is 0.227 e. The van der Waals surface area contributed by atoms with Gasteiger partial charge in [0.25, 0.3) is 0 Å². The van der Waals surface area contributed by atoms with Crippen LogP contribution in [0.15, 0.2) is 22.7 Å². The molecule has 0 unspecified atom stereocenters. The van der Waals surface area contributed by atoms with Crippen LogP contribution in [0.4, 0.5) is 4.39 Å². The first-order valence-electron chi connectivity index (χ1n) is 6.57. The molecule has 0 radical (unpaired) electrons. The van der Waals surface area contributed by atoms with Gasteiger partial charge in [0, 0.05) is 30.8 Å². The summed E-state index contributed by atoms with van der Waals surface area (Å²) >= 11 is 3.29. The Balaban J connectivity index is 0.00000220. The lowest BCUT2D eigenvalue weighted by molar-refractivity contribution is -0.136. The van der Waals surface area contributed by atoms with Gasteiger partial charge in [-0.1, -0.05) is 22.0 Å². The van der Waals surface area contributed by atoms with Crippen molar-refractivity contribution in [3.63, 3.8) is 0 Å². The highest BCUT2D eigenvalue weighted by Gasteiger charge is 2.38. The Bertz CT molecular complexity index is 496. The van der Waals surface area contributed by atoms with E-state index in [1.807, 2.05) is 0 Å². The predicted octanol–water partition coefficient (Wildman–Crippen LogP) is 2.38. The van der Waals surface area contributed by atoms with Gasteiger partial charge in [0.05, 0.1) is 5.41 Å². The van der Waals surface area contributed by atoms with Crippen molar-refractivity contribution in [1.29, 1.82) is 0 Å². The quantitative estimate of drug-likeness (QED) is 0.841. The van der Waals surface area contributed by atoms with E-state index < -0.39 is 5.41 Å². The van der Waals surface area contributed by atoms with Crippen molar-refractivity contribution in [2.24, 2.45) is 11.1 Å². The zero-order valence-electron chi connectivity index (χ0n) is 11.5. The molecule has 1 aliphatic heterocycles. The average molecular weight is 382 g/mol. The number of halogens is 3. The van der Waals surface area contributed by atoms with Crippen molar-refractivity contribution < 1.29 is 13.9 Å². The fraction of sp³-hybridized carbons (Fsp3) is 0.500. The van der Waals surface area contributed by atoms with E-state index in [0.29, 0.717) is 43.6 Å². The molecule has 1 aromatic carbocycles. The second-order valence-corrected chi connectivity index (χ2v) is 5.87. The molecule has 0 atom stereocenters. The normalized spacial score (nSPS) is 16.9. The van der Waals surface area contributed by atoms with Gasteiger partial charge in [-0.2, -0.15) is 0 Å². The van der Waals surface area contributed by atoms with Crippen molar-refractivity contribution in [3.05, 3.63) is 34.1 Å². The lowest BCUT2D eigenvalue weighted by atomic mass is 9.79. The Morgan fingerprint density at radius 3 is 2.67 bits per heavy atom. The molecule has 1 amide bonds. The summed E-state index contributed by atoms with van der Waals surface area (Å²) in [5, 5.41) is 2.89. The zero-order valence-corrected chi connectivity index (χ0v) is 13.9. The molecule has 0 saturated carbocycles. The maximum absolute atomic E-state index is 13.0. The maximum atomic E-state index is 13.0. The number of benzene rings is 1.